The first kappa shape index (κ1) is 14.5. The minimum Gasteiger partial charge on any atom is -0.478 e. The number of piperidine rings is 1. The van der Waals surface area contributed by atoms with Gasteiger partial charge in [0.25, 0.3) is 0 Å². The Kier molecular flexibility index (Phi) is 4.09. The zero-order valence-corrected chi connectivity index (χ0v) is 11.8. The molecule has 0 aliphatic carbocycles. The minimum atomic E-state index is -0.986. The summed E-state index contributed by atoms with van der Waals surface area (Å²) in [4.78, 5) is 23.5. The number of rotatable bonds is 3. The average Bonchev–Trinajstić information content (AvgIpc) is 2.41. The molecule has 0 bridgehead atoms. The van der Waals surface area contributed by atoms with Gasteiger partial charge in [-0.25, -0.2) is 4.79 Å². The fourth-order valence-corrected chi connectivity index (χ4v) is 2.51. The Morgan fingerprint density at radius 3 is 2.70 bits per heavy atom. The van der Waals surface area contributed by atoms with Gasteiger partial charge in [-0.3, -0.25) is 4.79 Å². The number of carboxylic acids is 1. The van der Waals surface area contributed by atoms with E-state index in [4.69, 9.17) is 5.11 Å². The Morgan fingerprint density at radius 2 is 2.10 bits per heavy atom. The van der Waals surface area contributed by atoms with Gasteiger partial charge in [-0.2, -0.15) is 0 Å². The zero-order chi connectivity index (χ0) is 14.8. The van der Waals surface area contributed by atoms with Gasteiger partial charge < -0.3 is 15.7 Å². The molecule has 1 aromatic rings. The van der Waals surface area contributed by atoms with Crippen molar-refractivity contribution in [1.82, 2.24) is 5.32 Å². The van der Waals surface area contributed by atoms with Crippen molar-refractivity contribution in [2.45, 2.75) is 38.6 Å². The number of hydrogen-bond donors (Lipinski definition) is 3. The molecule has 0 aromatic heterocycles. The van der Waals surface area contributed by atoms with Crippen molar-refractivity contribution >= 4 is 17.6 Å². The lowest BCUT2D eigenvalue weighted by Crippen LogP contribution is -2.54. The maximum absolute atomic E-state index is 12.4. The van der Waals surface area contributed by atoms with Crippen LogP contribution in [0.3, 0.4) is 0 Å². The van der Waals surface area contributed by atoms with Gasteiger partial charge in [0, 0.05) is 5.69 Å². The quantitative estimate of drug-likeness (QED) is 0.790. The third-order valence-corrected chi connectivity index (χ3v) is 3.93. The van der Waals surface area contributed by atoms with E-state index in [9.17, 15) is 9.59 Å². The first-order chi connectivity index (χ1) is 9.44. The number of benzene rings is 1. The molecule has 108 valence electrons. The second-order valence-corrected chi connectivity index (χ2v) is 5.45. The van der Waals surface area contributed by atoms with E-state index in [-0.39, 0.29) is 11.5 Å². The average molecular weight is 276 g/mol. The summed E-state index contributed by atoms with van der Waals surface area (Å²) in [5.74, 6) is -1.09. The molecular weight excluding hydrogens is 256 g/mol. The Hall–Kier alpha value is -1.88. The van der Waals surface area contributed by atoms with E-state index in [1.807, 2.05) is 6.92 Å². The SMILES string of the molecule is Cc1c(NC(=O)C2(C)CCCCN2)cccc1C(=O)O. The summed E-state index contributed by atoms with van der Waals surface area (Å²) in [5.41, 5.74) is 0.769. The normalized spacial score (nSPS) is 22.3. The number of anilines is 1. The van der Waals surface area contributed by atoms with E-state index < -0.39 is 11.5 Å². The van der Waals surface area contributed by atoms with Gasteiger partial charge in [-0.1, -0.05) is 6.07 Å². The van der Waals surface area contributed by atoms with Crippen molar-refractivity contribution in [2.75, 3.05) is 11.9 Å². The highest BCUT2D eigenvalue weighted by molar-refractivity contribution is 6.00. The molecule has 1 aliphatic heterocycles. The molecule has 1 heterocycles. The molecule has 0 radical (unpaired) electrons. The summed E-state index contributed by atoms with van der Waals surface area (Å²) < 4.78 is 0. The fraction of sp³-hybridized carbons (Fsp3) is 0.467. The van der Waals surface area contributed by atoms with Crippen LogP contribution in [0.1, 0.15) is 42.1 Å². The van der Waals surface area contributed by atoms with Crippen molar-refractivity contribution in [3.05, 3.63) is 29.3 Å². The van der Waals surface area contributed by atoms with Crippen molar-refractivity contribution in [3.8, 4) is 0 Å². The highest BCUT2D eigenvalue weighted by Crippen LogP contribution is 2.24. The van der Waals surface area contributed by atoms with Crippen molar-refractivity contribution < 1.29 is 14.7 Å². The molecule has 1 aromatic carbocycles. The van der Waals surface area contributed by atoms with E-state index in [0.29, 0.717) is 11.3 Å². The predicted molar refractivity (Wildman–Crippen MR) is 77.0 cm³/mol. The summed E-state index contributed by atoms with van der Waals surface area (Å²) in [6, 6.07) is 4.91. The summed E-state index contributed by atoms with van der Waals surface area (Å²) in [7, 11) is 0. The Bertz CT molecular complexity index is 534. The van der Waals surface area contributed by atoms with Crippen LogP contribution >= 0.6 is 0 Å². The molecule has 0 saturated carbocycles. The lowest BCUT2D eigenvalue weighted by atomic mass is 9.90. The molecule has 5 heteroatoms. The van der Waals surface area contributed by atoms with Crippen LogP contribution in [0, 0.1) is 6.92 Å². The molecule has 1 fully saturated rings. The molecular formula is C15H20N2O3. The van der Waals surface area contributed by atoms with Gasteiger partial charge in [-0.15, -0.1) is 0 Å². The Balaban J connectivity index is 2.19. The third kappa shape index (κ3) is 2.82. The second kappa shape index (κ2) is 5.63. The maximum Gasteiger partial charge on any atom is 0.336 e. The van der Waals surface area contributed by atoms with Gasteiger partial charge in [0.1, 0.15) is 0 Å². The van der Waals surface area contributed by atoms with Crippen LogP contribution in [0.4, 0.5) is 5.69 Å². The van der Waals surface area contributed by atoms with Gasteiger partial charge >= 0.3 is 5.97 Å². The molecule has 1 saturated heterocycles. The standard InChI is InChI=1S/C15H20N2O3/c1-10-11(13(18)19)6-5-7-12(10)17-14(20)15(2)8-3-4-9-16-15/h5-7,16H,3-4,8-9H2,1-2H3,(H,17,20)(H,18,19). The monoisotopic (exact) mass is 276 g/mol. The number of nitrogens with one attached hydrogen (secondary N) is 2. The summed E-state index contributed by atoms with van der Waals surface area (Å²) in [6.45, 7) is 4.42. The molecule has 1 atom stereocenters. The number of carbonyl (C=O) groups excluding carboxylic acids is 1. The van der Waals surface area contributed by atoms with Crippen molar-refractivity contribution in [1.29, 1.82) is 0 Å². The molecule has 20 heavy (non-hydrogen) atoms. The van der Waals surface area contributed by atoms with E-state index in [1.165, 1.54) is 6.07 Å². The summed E-state index contributed by atoms with van der Waals surface area (Å²) in [6.07, 6.45) is 2.89. The van der Waals surface area contributed by atoms with Crippen molar-refractivity contribution in [2.24, 2.45) is 0 Å². The Labute approximate surface area is 118 Å². The molecule has 3 N–H and O–H groups in total. The largest absolute Gasteiger partial charge is 0.478 e. The van der Waals surface area contributed by atoms with Gasteiger partial charge in [0.2, 0.25) is 5.91 Å². The van der Waals surface area contributed by atoms with Crippen LogP contribution in [0.2, 0.25) is 0 Å². The number of hydrogen-bond acceptors (Lipinski definition) is 3. The topological polar surface area (TPSA) is 78.4 Å². The van der Waals surface area contributed by atoms with Crippen molar-refractivity contribution in [3.63, 3.8) is 0 Å². The highest BCUT2D eigenvalue weighted by Gasteiger charge is 2.34. The smallest absolute Gasteiger partial charge is 0.336 e. The van der Waals surface area contributed by atoms with Crippen LogP contribution in [0.25, 0.3) is 0 Å². The predicted octanol–water partition coefficient (Wildman–Crippen LogP) is 2.16. The Morgan fingerprint density at radius 1 is 1.35 bits per heavy atom. The van der Waals surface area contributed by atoms with Gasteiger partial charge in [0.05, 0.1) is 11.1 Å². The van der Waals surface area contributed by atoms with E-state index in [2.05, 4.69) is 10.6 Å². The first-order valence-electron chi connectivity index (χ1n) is 6.83. The molecule has 1 aliphatic rings. The third-order valence-electron chi connectivity index (χ3n) is 3.93. The number of amides is 1. The van der Waals surface area contributed by atoms with Gasteiger partial charge in [-0.05, 0) is 57.4 Å². The molecule has 1 amide bonds. The first-order valence-corrected chi connectivity index (χ1v) is 6.83. The van der Waals surface area contributed by atoms with E-state index in [0.717, 1.165) is 25.8 Å². The maximum atomic E-state index is 12.4. The molecule has 1 unspecified atom stereocenters. The molecule has 2 rings (SSSR count). The summed E-state index contributed by atoms with van der Waals surface area (Å²) in [5, 5.41) is 15.2. The summed E-state index contributed by atoms with van der Waals surface area (Å²) >= 11 is 0. The number of carboxylic acid groups (broad SMARTS) is 1. The lowest BCUT2D eigenvalue weighted by Gasteiger charge is -2.33. The van der Waals surface area contributed by atoms with Crippen LogP contribution in [0.15, 0.2) is 18.2 Å². The fourth-order valence-electron chi connectivity index (χ4n) is 2.51. The van der Waals surface area contributed by atoms with E-state index >= 15 is 0 Å². The highest BCUT2D eigenvalue weighted by atomic mass is 16.4. The van der Waals surface area contributed by atoms with Crippen LogP contribution in [0.5, 0.6) is 0 Å². The lowest BCUT2D eigenvalue weighted by molar-refractivity contribution is -0.122. The molecule has 5 nitrogen and oxygen atoms in total. The van der Waals surface area contributed by atoms with Gasteiger partial charge in [0.15, 0.2) is 0 Å². The number of aromatic carboxylic acids is 1. The number of carbonyl (C=O) groups is 2. The minimum absolute atomic E-state index is 0.108. The molecule has 0 spiro atoms. The van der Waals surface area contributed by atoms with E-state index in [1.54, 1.807) is 19.1 Å². The van der Waals surface area contributed by atoms with Crippen LogP contribution in [-0.2, 0) is 4.79 Å². The zero-order valence-electron chi connectivity index (χ0n) is 11.8. The second-order valence-electron chi connectivity index (χ2n) is 5.45. The van der Waals surface area contributed by atoms with Crippen LogP contribution < -0.4 is 10.6 Å². The van der Waals surface area contributed by atoms with Crippen LogP contribution in [-0.4, -0.2) is 29.1 Å².